The lowest BCUT2D eigenvalue weighted by Crippen LogP contribution is -2.15. The predicted molar refractivity (Wildman–Crippen MR) is 101 cm³/mol. The smallest absolute Gasteiger partial charge is 0.278 e. The minimum Gasteiger partial charge on any atom is -0.494 e. The minimum absolute atomic E-state index is 0.123. The van der Waals surface area contributed by atoms with Gasteiger partial charge in [0.05, 0.1) is 12.3 Å². The number of nitrogens with zero attached hydrogens (tertiary/aromatic N) is 2. The zero-order valence-corrected chi connectivity index (χ0v) is 15.9. The third-order valence-corrected chi connectivity index (χ3v) is 4.18. The van der Waals surface area contributed by atoms with Crippen molar-refractivity contribution in [3.63, 3.8) is 0 Å². The first kappa shape index (κ1) is 19.0. The quantitative estimate of drug-likeness (QED) is 0.684. The van der Waals surface area contributed by atoms with Crippen molar-refractivity contribution >= 4 is 5.91 Å². The summed E-state index contributed by atoms with van der Waals surface area (Å²) >= 11 is 0. The first-order chi connectivity index (χ1) is 11.8. The molecule has 1 heterocycles. The normalized spacial score (nSPS) is 11.0. The Kier molecular flexibility index (Phi) is 6.18. The van der Waals surface area contributed by atoms with Crippen LogP contribution in [0.25, 0.3) is 0 Å². The average molecular weight is 340 g/mol. The molecule has 0 saturated heterocycles. The third kappa shape index (κ3) is 4.81. The molecule has 0 N–H and O–H groups in total. The van der Waals surface area contributed by atoms with Crippen molar-refractivity contribution < 1.29 is 9.53 Å². The van der Waals surface area contributed by atoms with E-state index in [1.54, 1.807) is 12.1 Å². The first-order valence-electron chi connectivity index (χ1n) is 8.76. The van der Waals surface area contributed by atoms with Crippen LogP contribution in [0.5, 0.6) is 5.75 Å². The van der Waals surface area contributed by atoms with E-state index in [1.165, 1.54) is 4.68 Å². The van der Waals surface area contributed by atoms with E-state index in [9.17, 15) is 4.79 Å². The molecule has 0 aliphatic rings. The lowest BCUT2D eigenvalue weighted by atomic mass is 10.1. The number of hydrogen-bond donors (Lipinski definition) is 0. The summed E-state index contributed by atoms with van der Waals surface area (Å²) in [7, 11) is 0. The van der Waals surface area contributed by atoms with Gasteiger partial charge in [-0.05, 0) is 63.8 Å². The molecule has 25 heavy (non-hydrogen) atoms. The fourth-order valence-corrected chi connectivity index (χ4v) is 2.66. The summed E-state index contributed by atoms with van der Waals surface area (Å²) in [5.41, 5.74) is 4.49. The molecule has 0 radical (unpaired) electrons. The maximum atomic E-state index is 12.8. The maximum Gasteiger partial charge on any atom is 0.278 e. The molecule has 4 nitrogen and oxygen atoms in total. The molecule has 0 spiro atoms. The Hall–Kier alpha value is -2.36. The molecular formula is C21H28N2O2. The highest BCUT2D eigenvalue weighted by molar-refractivity contribution is 5.96. The molecule has 4 heteroatoms. The molecule has 134 valence electrons. The van der Waals surface area contributed by atoms with Crippen LogP contribution in [-0.4, -0.2) is 22.3 Å². The number of ether oxygens (including phenoxy) is 1. The summed E-state index contributed by atoms with van der Waals surface area (Å²) in [6, 6.07) is 7.27. The Morgan fingerprint density at radius 2 is 1.88 bits per heavy atom. The van der Waals surface area contributed by atoms with E-state index in [-0.39, 0.29) is 5.91 Å². The van der Waals surface area contributed by atoms with Gasteiger partial charge in [-0.15, -0.1) is 0 Å². The van der Waals surface area contributed by atoms with Crippen molar-refractivity contribution in [3.05, 3.63) is 58.9 Å². The standard InChI is InChI=1S/C21H28N2O2/c1-14(2)11-12-25-19-9-7-18(8-10-19)21(24)23-17(6)20(13-15(3)4)16(5)22-23/h7-10,14H,3,11-13H2,1-2,4-6H3. The Bertz CT molecular complexity index is 755. The fraction of sp³-hybridized carbons (Fsp3) is 0.429. The monoisotopic (exact) mass is 340 g/mol. The Morgan fingerprint density at radius 3 is 2.44 bits per heavy atom. The Balaban J connectivity index is 2.14. The molecule has 0 bridgehead atoms. The van der Waals surface area contributed by atoms with E-state index in [1.807, 2.05) is 32.9 Å². The van der Waals surface area contributed by atoms with E-state index in [0.29, 0.717) is 18.1 Å². The molecule has 0 fully saturated rings. The van der Waals surface area contributed by atoms with Crippen LogP contribution in [0.2, 0.25) is 0 Å². The van der Waals surface area contributed by atoms with Crippen LogP contribution in [-0.2, 0) is 6.42 Å². The second-order valence-electron chi connectivity index (χ2n) is 7.06. The van der Waals surface area contributed by atoms with Crippen molar-refractivity contribution in [2.45, 2.75) is 47.5 Å². The molecule has 1 aromatic heterocycles. The van der Waals surface area contributed by atoms with Crippen molar-refractivity contribution in [1.82, 2.24) is 9.78 Å². The topological polar surface area (TPSA) is 44.1 Å². The van der Waals surface area contributed by atoms with E-state index >= 15 is 0 Å². The number of carbonyl (C=O) groups excluding carboxylic acids is 1. The fourth-order valence-electron chi connectivity index (χ4n) is 2.66. The van der Waals surface area contributed by atoms with Gasteiger partial charge in [0.15, 0.2) is 0 Å². The van der Waals surface area contributed by atoms with Gasteiger partial charge in [0.1, 0.15) is 5.75 Å². The summed E-state index contributed by atoms with van der Waals surface area (Å²) in [5.74, 6) is 1.27. The molecule has 0 aliphatic heterocycles. The largest absolute Gasteiger partial charge is 0.494 e. The number of allylic oxidation sites excluding steroid dienone is 1. The zero-order valence-electron chi connectivity index (χ0n) is 15.9. The van der Waals surface area contributed by atoms with Crippen molar-refractivity contribution in [2.75, 3.05) is 6.61 Å². The van der Waals surface area contributed by atoms with Gasteiger partial charge in [-0.25, -0.2) is 4.68 Å². The van der Waals surface area contributed by atoms with Gasteiger partial charge in [0.2, 0.25) is 0 Å². The molecule has 0 amide bonds. The first-order valence-corrected chi connectivity index (χ1v) is 8.76. The average Bonchev–Trinajstić information content (AvgIpc) is 2.82. The molecular weight excluding hydrogens is 312 g/mol. The van der Waals surface area contributed by atoms with Crippen LogP contribution in [0.1, 0.15) is 54.5 Å². The summed E-state index contributed by atoms with van der Waals surface area (Å²) < 4.78 is 7.19. The molecule has 0 unspecified atom stereocenters. The van der Waals surface area contributed by atoms with Crippen LogP contribution in [0.4, 0.5) is 0 Å². The van der Waals surface area contributed by atoms with Crippen molar-refractivity contribution in [3.8, 4) is 5.75 Å². The number of rotatable bonds is 7. The van der Waals surface area contributed by atoms with Crippen LogP contribution >= 0.6 is 0 Å². The van der Waals surface area contributed by atoms with Gasteiger partial charge >= 0.3 is 0 Å². The van der Waals surface area contributed by atoms with Crippen molar-refractivity contribution in [1.29, 1.82) is 0 Å². The SMILES string of the molecule is C=C(C)Cc1c(C)nn(C(=O)c2ccc(OCCC(C)C)cc2)c1C. The second-order valence-corrected chi connectivity index (χ2v) is 7.06. The summed E-state index contributed by atoms with van der Waals surface area (Å²) in [5, 5.41) is 4.43. The van der Waals surface area contributed by atoms with Crippen LogP contribution < -0.4 is 4.74 Å². The van der Waals surface area contributed by atoms with Gasteiger partial charge in [0.25, 0.3) is 5.91 Å². The number of carbonyl (C=O) groups is 1. The summed E-state index contributed by atoms with van der Waals surface area (Å²) in [6.45, 7) is 14.8. The molecule has 1 aromatic carbocycles. The minimum atomic E-state index is -0.123. The maximum absolute atomic E-state index is 12.8. The van der Waals surface area contributed by atoms with Crippen LogP contribution in [0, 0.1) is 19.8 Å². The molecule has 0 saturated carbocycles. The Labute approximate surface area is 150 Å². The zero-order chi connectivity index (χ0) is 18.6. The Morgan fingerprint density at radius 1 is 1.24 bits per heavy atom. The number of hydrogen-bond acceptors (Lipinski definition) is 3. The van der Waals surface area contributed by atoms with Gasteiger partial charge in [0, 0.05) is 16.8 Å². The highest BCUT2D eigenvalue weighted by Crippen LogP contribution is 2.19. The molecule has 0 aliphatic carbocycles. The molecule has 2 aromatic rings. The number of benzene rings is 1. The number of aromatic nitrogens is 2. The van der Waals surface area contributed by atoms with E-state index in [4.69, 9.17) is 4.74 Å². The highest BCUT2D eigenvalue weighted by atomic mass is 16.5. The van der Waals surface area contributed by atoms with Gasteiger partial charge in [-0.2, -0.15) is 5.10 Å². The summed E-state index contributed by atoms with van der Waals surface area (Å²) in [6.07, 6.45) is 1.76. The predicted octanol–water partition coefficient (Wildman–Crippen LogP) is 4.73. The molecule has 2 rings (SSSR count). The third-order valence-electron chi connectivity index (χ3n) is 4.18. The van der Waals surface area contributed by atoms with E-state index in [2.05, 4.69) is 25.5 Å². The van der Waals surface area contributed by atoms with Crippen LogP contribution in [0.15, 0.2) is 36.4 Å². The van der Waals surface area contributed by atoms with E-state index in [0.717, 1.165) is 41.1 Å². The van der Waals surface area contributed by atoms with Gasteiger partial charge < -0.3 is 4.74 Å². The van der Waals surface area contributed by atoms with Crippen molar-refractivity contribution in [2.24, 2.45) is 5.92 Å². The number of aryl methyl sites for hydroxylation is 1. The van der Waals surface area contributed by atoms with Gasteiger partial charge in [-0.1, -0.05) is 26.0 Å². The van der Waals surface area contributed by atoms with Crippen LogP contribution in [0.3, 0.4) is 0 Å². The second kappa shape index (κ2) is 8.15. The van der Waals surface area contributed by atoms with Gasteiger partial charge in [-0.3, -0.25) is 4.79 Å². The van der Waals surface area contributed by atoms with E-state index < -0.39 is 0 Å². The summed E-state index contributed by atoms with van der Waals surface area (Å²) in [4.78, 5) is 12.8. The molecule has 0 atom stereocenters. The lowest BCUT2D eigenvalue weighted by Gasteiger charge is -2.09. The lowest BCUT2D eigenvalue weighted by molar-refractivity contribution is 0.0942. The highest BCUT2D eigenvalue weighted by Gasteiger charge is 2.18.